The predicted molar refractivity (Wildman–Crippen MR) is 76.9 cm³/mol. The molecule has 1 aromatic rings. The molecule has 0 spiro atoms. The highest BCUT2D eigenvalue weighted by Gasteiger charge is 2.24. The highest BCUT2D eigenvalue weighted by Crippen LogP contribution is 2.29. The molecule has 18 heavy (non-hydrogen) atoms. The molecule has 1 saturated heterocycles. The second-order valence-corrected chi connectivity index (χ2v) is 5.79. The molecule has 0 aromatic heterocycles. The Balaban J connectivity index is 1.69. The van der Waals surface area contributed by atoms with E-state index in [0.29, 0.717) is 0 Å². The molecular formula is C16H24N2. The summed E-state index contributed by atoms with van der Waals surface area (Å²) in [6, 6.07) is 9.71. The predicted octanol–water partition coefficient (Wildman–Crippen LogP) is 3.17. The van der Waals surface area contributed by atoms with Crippen LogP contribution in [0.1, 0.15) is 38.2 Å². The molecule has 1 aliphatic heterocycles. The first kappa shape index (κ1) is 12.0. The van der Waals surface area contributed by atoms with E-state index in [2.05, 4.69) is 41.4 Å². The number of rotatable bonds is 5. The third kappa shape index (κ3) is 2.69. The molecule has 3 rings (SSSR count). The quantitative estimate of drug-likeness (QED) is 0.856. The van der Waals surface area contributed by atoms with E-state index in [1.165, 1.54) is 50.0 Å². The molecule has 2 aliphatic rings. The zero-order valence-corrected chi connectivity index (χ0v) is 11.4. The summed E-state index contributed by atoms with van der Waals surface area (Å²) in [6.45, 7) is 5.83. The van der Waals surface area contributed by atoms with E-state index in [1.807, 2.05) is 0 Å². The average molecular weight is 244 g/mol. The summed E-state index contributed by atoms with van der Waals surface area (Å²) < 4.78 is 0. The number of hydrogen-bond acceptors (Lipinski definition) is 2. The van der Waals surface area contributed by atoms with Crippen LogP contribution >= 0.6 is 0 Å². The minimum Gasteiger partial charge on any atom is -0.371 e. The molecule has 2 fully saturated rings. The van der Waals surface area contributed by atoms with E-state index in [1.54, 1.807) is 0 Å². The summed E-state index contributed by atoms with van der Waals surface area (Å²) in [4.78, 5) is 2.58. The van der Waals surface area contributed by atoms with Gasteiger partial charge in [0.1, 0.15) is 0 Å². The Kier molecular flexibility index (Phi) is 3.55. The van der Waals surface area contributed by atoms with Gasteiger partial charge in [-0.2, -0.15) is 0 Å². The minimum absolute atomic E-state index is 0.792. The average Bonchev–Trinajstić information content (AvgIpc) is 3.12. The molecule has 0 amide bonds. The Morgan fingerprint density at radius 3 is 2.78 bits per heavy atom. The van der Waals surface area contributed by atoms with Crippen LogP contribution in [0.4, 0.5) is 5.69 Å². The summed E-state index contributed by atoms with van der Waals surface area (Å²) in [7, 11) is 0. The zero-order valence-electron chi connectivity index (χ0n) is 11.4. The molecular weight excluding hydrogens is 220 g/mol. The smallest absolute Gasteiger partial charge is 0.0411 e. The summed E-state index contributed by atoms with van der Waals surface area (Å²) in [5, 5.41) is 3.64. The first-order valence-electron chi connectivity index (χ1n) is 7.43. The lowest BCUT2D eigenvalue weighted by Crippen LogP contribution is -2.23. The monoisotopic (exact) mass is 244 g/mol. The number of nitrogens with zero attached hydrogens (tertiary/aromatic N) is 1. The van der Waals surface area contributed by atoms with E-state index < -0.39 is 0 Å². The maximum Gasteiger partial charge on any atom is 0.0411 e. The van der Waals surface area contributed by atoms with Crippen molar-refractivity contribution in [2.75, 3.05) is 18.0 Å². The van der Waals surface area contributed by atoms with Crippen LogP contribution in [0.15, 0.2) is 24.3 Å². The molecule has 1 unspecified atom stereocenters. The highest BCUT2D eigenvalue weighted by atomic mass is 15.2. The number of para-hydroxylation sites is 1. The first-order chi connectivity index (χ1) is 8.86. The lowest BCUT2D eigenvalue weighted by molar-refractivity contribution is 0.569. The third-order valence-electron chi connectivity index (χ3n) is 4.35. The topological polar surface area (TPSA) is 15.3 Å². The van der Waals surface area contributed by atoms with E-state index in [4.69, 9.17) is 0 Å². The van der Waals surface area contributed by atoms with Crippen LogP contribution in [0, 0.1) is 5.92 Å². The van der Waals surface area contributed by atoms with Gasteiger partial charge in [-0.1, -0.05) is 31.5 Å². The van der Waals surface area contributed by atoms with Gasteiger partial charge in [-0.15, -0.1) is 0 Å². The molecule has 0 bridgehead atoms. The molecule has 1 N–H and O–H groups in total. The molecule has 1 saturated carbocycles. The Labute approximate surface area is 110 Å². The fraction of sp³-hybridized carbons (Fsp3) is 0.625. The third-order valence-corrected chi connectivity index (χ3v) is 4.35. The summed E-state index contributed by atoms with van der Waals surface area (Å²) in [5.41, 5.74) is 2.93. The Hall–Kier alpha value is -1.02. The van der Waals surface area contributed by atoms with Gasteiger partial charge in [-0.3, -0.25) is 0 Å². The second-order valence-electron chi connectivity index (χ2n) is 5.79. The zero-order chi connectivity index (χ0) is 12.4. The fourth-order valence-electron chi connectivity index (χ4n) is 2.90. The van der Waals surface area contributed by atoms with E-state index >= 15 is 0 Å². The summed E-state index contributed by atoms with van der Waals surface area (Å²) >= 11 is 0. The van der Waals surface area contributed by atoms with Crippen LogP contribution in [-0.2, 0) is 6.54 Å². The van der Waals surface area contributed by atoms with Crippen molar-refractivity contribution in [3.8, 4) is 0 Å². The Morgan fingerprint density at radius 1 is 1.22 bits per heavy atom. The van der Waals surface area contributed by atoms with Gasteiger partial charge < -0.3 is 10.2 Å². The summed E-state index contributed by atoms with van der Waals surface area (Å²) in [5.74, 6) is 0.898. The van der Waals surface area contributed by atoms with Crippen molar-refractivity contribution in [3.05, 3.63) is 29.8 Å². The van der Waals surface area contributed by atoms with Crippen LogP contribution in [0.25, 0.3) is 0 Å². The maximum atomic E-state index is 3.64. The summed E-state index contributed by atoms with van der Waals surface area (Å²) in [6.07, 6.45) is 5.41. The van der Waals surface area contributed by atoms with E-state index in [9.17, 15) is 0 Å². The van der Waals surface area contributed by atoms with Gasteiger partial charge in [0, 0.05) is 31.4 Å². The van der Waals surface area contributed by atoms with Crippen molar-refractivity contribution in [2.24, 2.45) is 5.92 Å². The van der Waals surface area contributed by atoms with Crippen molar-refractivity contribution in [1.29, 1.82) is 0 Å². The normalized spacial score (nSPS) is 23.6. The first-order valence-corrected chi connectivity index (χ1v) is 7.43. The lowest BCUT2D eigenvalue weighted by atomic mass is 10.1. The van der Waals surface area contributed by atoms with Crippen molar-refractivity contribution in [3.63, 3.8) is 0 Å². The van der Waals surface area contributed by atoms with Crippen LogP contribution in [0.5, 0.6) is 0 Å². The molecule has 0 radical (unpaired) electrons. The van der Waals surface area contributed by atoms with Gasteiger partial charge in [-0.05, 0) is 36.8 Å². The lowest BCUT2D eigenvalue weighted by Gasteiger charge is -2.22. The van der Waals surface area contributed by atoms with Crippen LogP contribution in [0.2, 0.25) is 0 Å². The number of hydrogen-bond donors (Lipinski definition) is 1. The SMILES string of the molecule is CCC1CCN(c2ccccc2CNC2CC2)C1. The van der Waals surface area contributed by atoms with Crippen molar-refractivity contribution >= 4 is 5.69 Å². The van der Waals surface area contributed by atoms with Gasteiger partial charge in [0.25, 0.3) is 0 Å². The molecule has 2 nitrogen and oxygen atoms in total. The van der Waals surface area contributed by atoms with Crippen LogP contribution in [-0.4, -0.2) is 19.1 Å². The number of benzene rings is 1. The van der Waals surface area contributed by atoms with E-state index in [-0.39, 0.29) is 0 Å². The molecule has 1 aromatic carbocycles. The van der Waals surface area contributed by atoms with Gasteiger partial charge in [0.2, 0.25) is 0 Å². The number of anilines is 1. The van der Waals surface area contributed by atoms with Gasteiger partial charge in [0.15, 0.2) is 0 Å². The fourth-order valence-corrected chi connectivity index (χ4v) is 2.90. The minimum atomic E-state index is 0.792. The van der Waals surface area contributed by atoms with Crippen molar-refractivity contribution in [1.82, 2.24) is 5.32 Å². The van der Waals surface area contributed by atoms with Crippen LogP contribution in [0.3, 0.4) is 0 Å². The van der Waals surface area contributed by atoms with Gasteiger partial charge in [-0.25, -0.2) is 0 Å². The van der Waals surface area contributed by atoms with Crippen molar-refractivity contribution < 1.29 is 0 Å². The maximum absolute atomic E-state index is 3.64. The molecule has 1 atom stereocenters. The van der Waals surface area contributed by atoms with Gasteiger partial charge in [0.05, 0.1) is 0 Å². The largest absolute Gasteiger partial charge is 0.371 e. The molecule has 2 heteroatoms. The molecule has 1 aliphatic carbocycles. The van der Waals surface area contributed by atoms with Crippen molar-refractivity contribution in [2.45, 2.75) is 45.2 Å². The second kappa shape index (κ2) is 5.31. The molecule has 1 heterocycles. The van der Waals surface area contributed by atoms with Gasteiger partial charge >= 0.3 is 0 Å². The van der Waals surface area contributed by atoms with Crippen LogP contribution < -0.4 is 10.2 Å². The Bertz CT molecular complexity index is 398. The Morgan fingerprint density at radius 2 is 2.06 bits per heavy atom. The van der Waals surface area contributed by atoms with E-state index in [0.717, 1.165) is 18.5 Å². The molecule has 98 valence electrons. The standard InChI is InChI=1S/C16H24N2/c1-2-13-9-10-18(12-13)16-6-4-3-5-14(16)11-17-15-7-8-15/h3-6,13,15,17H,2,7-12H2,1H3. The number of nitrogens with one attached hydrogen (secondary N) is 1. The highest BCUT2D eigenvalue weighted by molar-refractivity contribution is 5.54.